The van der Waals surface area contributed by atoms with Crippen LogP contribution in [0.5, 0.6) is 0 Å². The van der Waals surface area contributed by atoms with Gasteiger partial charge in [0.15, 0.2) is 0 Å². The second-order valence-electron chi connectivity index (χ2n) is 5.69. The highest BCUT2D eigenvalue weighted by Crippen LogP contribution is 2.33. The van der Waals surface area contributed by atoms with Gasteiger partial charge in [-0.05, 0) is 56.3 Å². The number of benzene rings is 1. The average Bonchev–Trinajstić information content (AvgIpc) is 3.22. The molecule has 1 atom stereocenters. The molecule has 4 nitrogen and oxygen atoms in total. The normalized spacial score (nSPS) is 16.9. The lowest BCUT2D eigenvalue weighted by atomic mass is 10.2. The Balaban J connectivity index is 2.08. The van der Waals surface area contributed by atoms with Gasteiger partial charge in [0.25, 0.3) is 0 Å². The minimum absolute atomic E-state index is 0.139. The van der Waals surface area contributed by atoms with Crippen molar-refractivity contribution >= 4 is 10.0 Å². The van der Waals surface area contributed by atoms with E-state index >= 15 is 0 Å². The molecular weight excluding hydrogens is 291 g/mol. The third-order valence-corrected chi connectivity index (χ3v) is 5.30. The van der Waals surface area contributed by atoms with E-state index in [-0.39, 0.29) is 10.9 Å². The number of hydrogen-bond acceptors (Lipinski definition) is 3. The molecule has 0 radical (unpaired) electrons. The van der Waals surface area contributed by atoms with E-state index < -0.39 is 15.8 Å². The molecule has 1 fully saturated rings. The molecule has 2 rings (SSSR count). The molecule has 1 aromatic carbocycles. The number of hydrogen-bond donors (Lipinski definition) is 2. The molecule has 118 valence electrons. The first-order chi connectivity index (χ1) is 9.94. The lowest BCUT2D eigenvalue weighted by Gasteiger charge is -2.14. The summed E-state index contributed by atoms with van der Waals surface area (Å²) in [5.74, 6) is -0.304. The highest BCUT2D eigenvalue weighted by Gasteiger charge is 2.32. The number of rotatable bonds is 8. The van der Waals surface area contributed by atoms with E-state index in [1.165, 1.54) is 12.1 Å². The SMILES string of the molecule is CCCNCc1ccc(S(=O)(=O)NC(C)C2CC2)c(F)c1. The Morgan fingerprint density at radius 2 is 2.10 bits per heavy atom. The first-order valence-corrected chi connectivity index (χ1v) is 8.94. The van der Waals surface area contributed by atoms with Crippen molar-refractivity contribution in [1.29, 1.82) is 0 Å². The van der Waals surface area contributed by atoms with Crippen LogP contribution in [-0.2, 0) is 16.6 Å². The second kappa shape index (κ2) is 6.85. The van der Waals surface area contributed by atoms with Crippen molar-refractivity contribution in [3.63, 3.8) is 0 Å². The Morgan fingerprint density at radius 3 is 2.67 bits per heavy atom. The van der Waals surface area contributed by atoms with Gasteiger partial charge in [-0.2, -0.15) is 0 Å². The van der Waals surface area contributed by atoms with Crippen molar-refractivity contribution in [2.24, 2.45) is 5.92 Å². The molecule has 2 N–H and O–H groups in total. The topological polar surface area (TPSA) is 58.2 Å². The van der Waals surface area contributed by atoms with E-state index in [2.05, 4.69) is 17.0 Å². The van der Waals surface area contributed by atoms with Crippen molar-refractivity contribution in [2.75, 3.05) is 6.54 Å². The molecule has 0 saturated heterocycles. The summed E-state index contributed by atoms with van der Waals surface area (Å²) in [5.41, 5.74) is 0.746. The molecule has 1 saturated carbocycles. The van der Waals surface area contributed by atoms with Crippen LogP contribution < -0.4 is 10.0 Å². The van der Waals surface area contributed by atoms with Gasteiger partial charge in [-0.3, -0.25) is 0 Å². The fourth-order valence-electron chi connectivity index (χ4n) is 2.28. The molecule has 0 aromatic heterocycles. The van der Waals surface area contributed by atoms with Gasteiger partial charge in [0.1, 0.15) is 10.7 Å². The molecule has 0 bridgehead atoms. The van der Waals surface area contributed by atoms with Gasteiger partial charge in [-0.1, -0.05) is 13.0 Å². The molecular formula is C15H23FN2O2S. The van der Waals surface area contributed by atoms with Crippen molar-refractivity contribution in [2.45, 2.75) is 50.6 Å². The van der Waals surface area contributed by atoms with Crippen LogP contribution in [0, 0.1) is 11.7 Å². The molecule has 0 heterocycles. The van der Waals surface area contributed by atoms with E-state index in [9.17, 15) is 12.8 Å². The summed E-state index contributed by atoms with van der Waals surface area (Å²) in [5, 5.41) is 3.16. The summed E-state index contributed by atoms with van der Waals surface area (Å²) >= 11 is 0. The van der Waals surface area contributed by atoms with Gasteiger partial charge in [0.2, 0.25) is 10.0 Å². The monoisotopic (exact) mass is 314 g/mol. The lowest BCUT2D eigenvalue weighted by molar-refractivity contribution is 0.525. The summed E-state index contributed by atoms with van der Waals surface area (Å²) in [7, 11) is -3.78. The van der Waals surface area contributed by atoms with Crippen LogP contribution in [0.15, 0.2) is 23.1 Å². The molecule has 1 aliphatic rings. The van der Waals surface area contributed by atoms with Crippen LogP contribution in [0.4, 0.5) is 4.39 Å². The molecule has 1 aromatic rings. The van der Waals surface area contributed by atoms with E-state index in [0.717, 1.165) is 31.4 Å². The first kappa shape index (κ1) is 16.4. The number of nitrogens with one attached hydrogen (secondary N) is 2. The largest absolute Gasteiger partial charge is 0.313 e. The minimum Gasteiger partial charge on any atom is -0.313 e. The third kappa shape index (κ3) is 4.49. The van der Waals surface area contributed by atoms with Crippen LogP contribution in [0.25, 0.3) is 0 Å². The Morgan fingerprint density at radius 1 is 1.38 bits per heavy atom. The lowest BCUT2D eigenvalue weighted by Crippen LogP contribution is -2.34. The Hall–Kier alpha value is -0.980. The average molecular weight is 314 g/mol. The first-order valence-electron chi connectivity index (χ1n) is 7.45. The van der Waals surface area contributed by atoms with Crippen LogP contribution in [-0.4, -0.2) is 21.0 Å². The summed E-state index contributed by atoms with van der Waals surface area (Å²) < 4.78 is 41.0. The van der Waals surface area contributed by atoms with Crippen molar-refractivity contribution in [3.8, 4) is 0 Å². The predicted molar refractivity (Wildman–Crippen MR) is 80.9 cm³/mol. The van der Waals surface area contributed by atoms with Crippen molar-refractivity contribution < 1.29 is 12.8 Å². The number of halogens is 1. The summed E-state index contributed by atoms with van der Waals surface area (Å²) in [6.45, 7) is 5.27. The summed E-state index contributed by atoms with van der Waals surface area (Å²) in [6.07, 6.45) is 3.07. The maximum Gasteiger partial charge on any atom is 0.243 e. The van der Waals surface area contributed by atoms with Crippen molar-refractivity contribution in [1.82, 2.24) is 10.0 Å². The fourth-order valence-corrected chi connectivity index (χ4v) is 3.65. The van der Waals surface area contributed by atoms with Gasteiger partial charge in [-0.15, -0.1) is 0 Å². The van der Waals surface area contributed by atoms with Crippen molar-refractivity contribution in [3.05, 3.63) is 29.6 Å². The quantitative estimate of drug-likeness (QED) is 0.725. The highest BCUT2D eigenvalue weighted by molar-refractivity contribution is 7.89. The molecule has 6 heteroatoms. The van der Waals surface area contributed by atoms with Crippen LogP contribution in [0.3, 0.4) is 0 Å². The summed E-state index contributed by atoms with van der Waals surface area (Å²) in [6, 6.07) is 4.15. The van der Waals surface area contributed by atoms with Gasteiger partial charge in [0.05, 0.1) is 0 Å². The van der Waals surface area contributed by atoms with Gasteiger partial charge in [-0.25, -0.2) is 17.5 Å². The second-order valence-corrected chi connectivity index (χ2v) is 7.37. The zero-order valence-corrected chi connectivity index (χ0v) is 13.3. The van der Waals surface area contributed by atoms with Gasteiger partial charge >= 0.3 is 0 Å². The molecule has 0 aliphatic heterocycles. The van der Waals surface area contributed by atoms with E-state index in [1.807, 2.05) is 6.92 Å². The van der Waals surface area contributed by atoms with Crippen LogP contribution in [0.1, 0.15) is 38.7 Å². The maximum absolute atomic E-state index is 14.1. The van der Waals surface area contributed by atoms with Crippen LogP contribution in [0.2, 0.25) is 0 Å². The molecule has 1 aliphatic carbocycles. The number of sulfonamides is 1. The van der Waals surface area contributed by atoms with E-state index in [4.69, 9.17) is 0 Å². The Labute approximate surface area is 126 Å². The highest BCUT2D eigenvalue weighted by atomic mass is 32.2. The third-order valence-electron chi connectivity index (χ3n) is 3.71. The zero-order valence-electron chi connectivity index (χ0n) is 12.5. The molecule has 1 unspecified atom stereocenters. The molecule has 0 spiro atoms. The van der Waals surface area contributed by atoms with E-state index in [0.29, 0.717) is 12.5 Å². The van der Waals surface area contributed by atoms with Gasteiger partial charge in [0, 0.05) is 12.6 Å². The van der Waals surface area contributed by atoms with Gasteiger partial charge < -0.3 is 5.32 Å². The molecule has 21 heavy (non-hydrogen) atoms. The maximum atomic E-state index is 14.1. The fraction of sp³-hybridized carbons (Fsp3) is 0.600. The minimum atomic E-state index is -3.78. The Kier molecular flexibility index (Phi) is 5.35. The van der Waals surface area contributed by atoms with E-state index in [1.54, 1.807) is 6.07 Å². The standard InChI is InChI=1S/C15H23FN2O2S/c1-3-8-17-10-12-4-7-15(14(16)9-12)21(19,20)18-11(2)13-5-6-13/h4,7,9,11,13,17-18H,3,5-6,8,10H2,1-2H3. The predicted octanol–water partition coefficient (Wildman–Crippen LogP) is 2.40. The molecule has 0 amide bonds. The summed E-state index contributed by atoms with van der Waals surface area (Å²) in [4.78, 5) is -0.269. The zero-order chi connectivity index (χ0) is 15.5. The van der Waals surface area contributed by atoms with Crippen LogP contribution >= 0.6 is 0 Å². The Bertz CT molecular complexity index is 585. The smallest absolute Gasteiger partial charge is 0.243 e.